The molecule has 2 aromatic carbocycles. The van der Waals surface area contributed by atoms with Gasteiger partial charge in [0.25, 0.3) is 5.91 Å². The van der Waals surface area contributed by atoms with Gasteiger partial charge in [0.2, 0.25) is 6.10 Å². The zero-order valence-electron chi connectivity index (χ0n) is 15.8. The monoisotopic (exact) mass is 382 g/mol. The van der Waals surface area contributed by atoms with Crippen molar-refractivity contribution in [1.82, 2.24) is 10.2 Å². The van der Waals surface area contributed by atoms with Crippen molar-refractivity contribution in [3.8, 4) is 11.5 Å². The standard InChI is InChI=1S/C22H26N2O4/c25-14-17-13-24(12-16-6-2-1-3-7-16)11-10-18(17)23-22(26)21-15-27-19-8-4-5-9-20(19)28-21/h1-9,17-18,21,25H,10-15H2,(H,23,26). The fourth-order valence-corrected chi connectivity index (χ4v) is 3.89. The van der Waals surface area contributed by atoms with Crippen LogP contribution >= 0.6 is 0 Å². The maximum Gasteiger partial charge on any atom is 0.264 e. The Hall–Kier alpha value is -2.57. The first-order valence-electron chi connectivity index (χ1n) is 9.79. The predicted molar refractivity (Wildman–Crippen MR) is 105 cm³/mol. The lowest BCUT2D eigenvalue weighted by atomic mass is 9.92. The molecule has 3 atom stereocenters. The SMILES string of the molecule is O=C(NC1CCN(Cc2ccccc2)CC1CO)C1COc2ccccc2O1. The van der Waals surface area contributed by atoms with Gasteiger partial charge < -0.3 is 19.9 Å². The van der Waals surface area contributed by atoms with Crippen molar-refractivity contribution in [3.05, 3.63) is 60.2 Å². The van der Waals surface area contributed by atoms with E-state index in [2.05, 4.69) is 22.3 Å². The summed E-state index contributed by atoms with van der Waals surface area (Å²) in [7, 11) is 0. The number of ether oxygens (including phenoxy) is 2. The number of para-hydroxylation sites is 2. The van der Waals surface area contributed by atoms with Crippen LogP contribution in [0.4, 0.5) is 0 Å². The average Bonchev–Trinajstić information content (AvgIpc) is 2.75. The van der Waals surface area contributed by atoms with E-state index in [1.54, 1.807) is 6.07 Å². The lowest BCUT2D eigenvalue weighted by Gasteiger charge is -2.39. The number of rotatable bonds is 5. The highest BCUT2D eigenvalue weighted by molar-refractivity contribution is 5.82. The van der Waals surface area contributed by atoms with E-state index in [4.69, 9.17) is 9.47 Å². The van der Waals surface area contributed by atoms with Crippen LogP contribution in [-0.4, -0.2) is 54.4 Å². The zero-order valence-corrected chi connectivity index (χ0v) is 15.8. The van der Waals surface area contributed by atoms with Gasteiger partial charge in [0, 0.05) is 38.2 Å². The van der Waals surface area contributed by atoms with Crippen LogP contribution in [0.25, 0.3) is 0 Å². The molecule has 0 aromatic heterocycles. The van der Waals surface area contributed by atoms with Crippen LogP contribution < -0.4 is 14.8 Å². The average molecular weight is 382 g/mol. The third-order valence-electron chi connectivity index (χ3n) is 5.43. The molecule has 2 aliphatic heterocycles. The number of nitrogens with one attached hydrogen (secondary N) is 1. The summed E-state index contributed by atoms with van der Waals surface area (Å²) in [5, 5.41) is 12.9. The van der Waals surface area contributed by atoms with Gasteiger partial charge in [-0.25, -0.2) is 0 Å². The Labute approximate surface area is 165 Å². The molecule has 0 aliphatic carbocycles. The molecule has 6 heteroatoms. The molecule has 4 rings (SSSR count). The van der Waals surface area contributed by atoms with Gasteiger partial charge >= 0.3 is 0 Å². The Bertz CT molecular complexity index is 798. The Balaban J connectivity index is 1.33. The summed E-state index contributed by atoms with van der Waals surface area (Å²) in [6, 6.07) is 17.6. The molecular weight excluding hydrogens is 356 g/mol. The number of piperidine rings is 1. The number of carbonyl (C=O) groups is 1. The molecule has 1 saturated heterocycles. The minimum Gasteiger partial charge on any atom is -0.485 e. The molecule has 0 bridgehead atoms. The fourth-order valence-electron chi connectivity index (χ4n) is 3.89. The summed E-state index contributed by atoms with van der Waals surface area (Å²) < 4.78 is 11.4. The lowest BCUT2D eigenvalue weighted by molar-refractivity contribution is -0.132. The van der Waals surface area contributed by atoms with Crippen molar-refractivity contribution in [2.45, 2.75) is 25.1 Å². The van der Waals surface area contributed by atoms with E-state index in [1.165, 1.54) is 5.56 Å². The highest BCUT2D eigenvalue weighted by atomic mass is 16.6. The van der Waals surface area contributed by atoms with Gasteiger partial charge in [0.05, 0.1) is 0 Å². The molecule has 2 aromatic rings. The number of fused-ring (bicyclic) bond motifs is 1. The van der Waals surface area contributed by atoms with E-state index >= 15 is 0 Å². The van der Waals surface area contributed by atoms with E-state index in [1.807, 2.05) is 36.4 Å². The van der Waals surface area contributed by atoms with Crippen LogP contribution in [0.15, 0.2) is 54.6 Å². The van der Waals surface area contributed by atoms with Crippen molar-refractivity contribution in [1.29, 1.82) is 0 Å². The molecule has 2 N–H and O–H groups in total. The molecule has 0 radical (unpaired) electrons. The van der Waals surface area contributed by atoms with Crippen molar-refractivity contribution in [3.63, 3.8) is 0 Å². The van der Waals surface area contributed by atoms with Crippen LogP contribution in [0.3, 0.4) is 0 Å². The number of carbonyl (C=O) groups excluding carboxylic acids is 1. The first-order chi connectivity index (χ1) is 13.7. The van der Waals surface area contributed by atoms with Crippen LogP contribution in [0, 0.1) is 5.92 Å². The van der Waals surface area contributed by atoms with E-state index in [-0.39, 0.29) is 31.1 Å². The lowest BCUT2D eigenvalue weighted by Crippen LogP contribution is -2.55. The highest BCUT2D eigenvalue weighted by Gasteiger charge is 2.34. The Morgan fingerprint density at radius 2 is 1.86 bits per heavy atom. The van der Waals surface area contributed by atoms with Gasteiger partial charge in [-0.2, -0.15) is 0 Å². The minimum atomic E-state index is -0.670. The topological polar surface area (TPSA) is 71.0 Å². The number of hydrogen-bond acceptors (Lipinski definition) is 5. The second-order valence-corrected chi connectivity index (χ2v) is 7.43. The van der Waals surface area contributed by atoms with Gasteiger partial charge in [0.1, 0.15) is 6.61 Å². The van der Waals surface area contributed by atoms with E-state index in [0.717, 1.165) is 26.1 Å². The molecule has 1 fully saturated rings. The van der Waals surface area contributed by atoms with E-state index in [9.17, 15) is 9.90 Å². The van der Waals surface area contributed by atoms with Crippen molar-refractivity contribution in [2.75, 3.05) is 26.3 Å². The van der Waals surface area contributed by atoms with Crippen LogP contribution in [0.5, 0.6) is 11.5 Å². The van der Waals surface area contributed by atoms with E-state index in [0.29, 0.717) is 11.5 Å². The molecule has 1 amide bonds. The second kappa shape index (κ2) is 8.63. The Morgan fingerprint density at radius 1 is 1.11 bits per heavy atom. The third-order valence-corrected chi connectivity index (χ3v) is 5.43. The number of likely N-dealkylation sites (tertiary alicyclic amines) is 1. The summed E-state index contributed by atoms with van der Waals surface area (Å²) in [6.45, 7) is 2.72. The normalized spacial score (nSPS) is 24.5. The number of hydrogen-bond donors (Lipinski definition) is 2. The van der Waals surface area contributed by atoms with Crippen LogP contribution in [0.2, 0.25) is 0 Å². The smallest absolute Gasteiger partial charge is 0.264 e. The molecule has 3 unspecified atom stereocenters. The van der Waals surface area contributed by atoms with Crippen molar-refractivity contribution in [2.24, 2.45) is 5.92 Å². The number of nitrogens with zero attached hydrogens (tertiary/aromatic N) is 1. The first kappa shape index (κ1) is 18.8. The van der Waals surface area contributed by atoms with Gasteiger partial charge in [-0.15, -0.1) is 0 Å². The van der Waals surface area contributed by atoms with Crippen molar-refractivity contribution >= 4 is 5.91 Å². The van der Waals surface area contributed by atoms with E-state index < -0.39 is 6.10 Å². The summed E-state index contributed by atoms with van der Waals surface area (Å²) in [5.41, 5.74) is 1.26. The summed E-state index contributed by atoms with van der Waals surface area (Å²) in [5.74, 6) is 1.06. The molecule has 148 valence electrons. The molecule has 6 nitrogen and oxygen atoms in total. The zero-order chi connectivity index (χ0) is 19.3. The predicted octanol–water partition coefficient (Wildman–Crippen LogP) is 1.83. The summed E-state index contributed by atoms with van der Waals surface area (Å²) >= 11 is 0. The number of aliphatic hydroxyl groups excluding tert-OH is 1. The number of benzene rings is 2. The second-order valence-electron chi connectivity index (χ2n) is 7.43. The van der Waals surface area contributed by atoms with Gasteiger partial charge in [-0.05, 0) is 24.1 Å². The number of amides is 1. The number of aliphatic hydroxyl groups is 1. The molecule has 0 saturated carbocycles. The summed E-state index contributed by atoms with van der Waals surface area (Å²) in [4.78, 5) is 15.0. The first-order valence-corrected chi connectivity index (χ1v) is 9.79. The molecule has 0 spiro atoms. The maximum absolute atomic E-state index is 12.7. The highest BCUT2D eigenvalue weighted by Crippen LogP contribution is 2.31. The molecule has 2 aliphatic rings. The van der Waals surface area contributed by atoms with Gasteiger partial charge in [0.15, 0.2) is 11.5 Å². The Morgan fingerprint density at radius 3 is 2.64 bits per heavy atom. The quantitative estimate of drug-likeness (QED) is 0.826. The van der Waals surface area contributed by atoms with Crippen LogP contribution in [-0.2, 0) is 11.3 Å². The van der Waals surface area contributed by atoms with Crippen LogP contribution in [0.1, 0.15) is 12.0 Å². The molecule has 28 heavy (non-hydrogen) atoms. The largest absolute Gasteiger partial charge is 0.485 e. The Kier molecular flexibility index (Phi) is 5.78. The third kappa shape index (κ3) is 4.29. The molecular formula is C22H26N2O4. The minimum absolute atomic E-state index is 0.00166. The maximum atomic E-state index is 12.7. The summed E-state index contributed by atoms with van der Waals surface area (Å²) in [6.07, 6.45) is 0.130. The molecule has 2 heterocycles. The van der Waals surface area contributed by atoms with Gasteiger partial charge in [-0.1, -0.05) is 42.5 Å². The van der Waals surface area contributed by atoms with Gasteiger partial charge in [-0.3, -0.25) is 9.69 Å². The fraction of sp³-hybridized carbons (Fsp3) is 0.409. The van der Waals surface area contributed by atoms with Crippen molar-refractivity contribution < 1.29 is 19.4 Å².